The molecule has 0 aliphatic heterocycles. The summed E-state index contributed by atoms with van der Waals surface area (Å²) < 4.78 is 0. The van der Waals surface area contributed by atoms with Gasteiger partial charge in [-0.25, -0.2) is 4.79 Å². The van der Waals surface area contributed by atoms with Gasteiger partial charge in [0.05, 0.1) is 0 Å². The fraction of sp³-hybridized carbons (Fsp3) is 0.312. The third-order valence-corrected chi connectivity index (χ3v) is 3.49. The van der Waals surface area contributed by atoms with Gasteiger partial charge in [-0.1, -0.05) is 18.5 Å². The zero-order valence-electron chi connectivity index (χ0n) is 13.2. The highest BCUT2D eigenvalue weighted by Crippen LogP contribution is 2.13. The first kappa shape index (κ1) is 19.8. The number of carbonyl (C=O) groups is 2. The van der Waals surface area contributed by atoms with Gasteiger partial charge in [0.2, 0.25) is 0 Å². The molecule has 1 rings (SSSR count). The monoisotopic (exact) mass is 368 g/mol. The maximum Gasteiger partial charge on any atom is 0.326 e. The summed E-state index contributed by atoms with van der Waals surface area (Å²) in [6.45, 7) is 2.35. The molecule has 0 unspecified atom stereocenters. The molecule has 0 bridgehead atoms. The van der Waals surface area contributed by atoms with Gasteiger partial charge in [-0.2, -0.15) is 5.26 Å². The van der Waals surface area contributed by atoms with Crippen molar-refractivity contribution >= 4 is 40.8 Å². The molecule has 6 nitrogen and oxygen atoms in total. The molecule has 0 saturated heterocycles. The van der Waals surface area contributed by atoms with Gasteiger partial charge in [0, 0.05) is 28.8 Å². The van der Waals surface area contributed by atoms with Gasteiger partial charge in [0.25, 0.3) is 5.91 Å². The largest absolute Gasteiger partial charge is 0.387 e. The van der Waals surface area contributed by atoms with Crippen LogP contribution in [0.2, 0.25) is 5.02 Å². The SMILES string of the molecule is CC/C(NCCCCl)=C(/C#N)C(=O)NC(=O)Nc1ccc(Cl)cc1. The number of rotatable bonds is 7. The molecule has 0 fully saturated rings. The Morgan fingerprint density at radius 1 is 1.25 bits per heavy atom. The van der Waals surface area contributed by atoms with Crippen LogP contribution in [0.4, 0.5) is 10.5 Å². The van der Waals surface area contributed by atoms with Crippen molar-refractivity contribution in [3.05, 3.63) is 40.6 Å². The van der Waals surface area contributed by atoms with E-state index in [1.807, 2.05) is 6.07 Å². The number of allylic oxidation sites excluding steroid dienone is 1. The quantitative estimate of drug-likeness (QED) is 0.297. The second-order valence-electron chi connectivity index (χ2n) is 4.70. The average molecular weight is 369 g/mol. The Balaban J connectivity index is 2.73. The molecule has 3 amide bonds. The van der Waals surface area contributed by atoms with Crippen LogP contribution in [-0.2, 0) is 4.79 Å². The van der Waals surface area contributed by atoms with E-state index in [-0.39, 0.29) is 5.57 Å². The molecule has 1 aromatic carbocycles. The fourth-order valence-corrected chi connectivity index (χ4v) is 2.07. The first-order chi connectivity index (χ1) is 11.5. The van der Waals surface area contributed by atoms with E-state index in [2.05, 4.69) is 16.0 Å². The van der Waals surface area contributed by atoms with E-state index in [4.69, 9.17) is 23.2 Å². The lowest BCUT2D eigenvalue weighted by molar-refractivity contribution is -0.116. The van der Waals surface area contributed by atoms with Crippen molar-refractivity contribution in [2.45, 2.75) is 19.8 Å². The van der Waals surface area contributed by atoms with E-state index in [1.54, 1.807) is 31.2 Å². The number of imide groups is 1. The number of halogens is 2. The minimum Gasteiger partial charge on any atom is -0.387 e. The second-order valence-corrected chi connectivity index (χ2v) is 5.52. The maximum atomic E-state index is 12.1. The standard InChI is InChI=1S/C16H18Cl2N4O2/c1-2-14(20-9-3-8-17)13(10-19)15(23)22-16(24)21-12-6-4-11(18)5-7-12/h4-7,20H,2-3,8-9H2,1H3,(H2,21,22,23,24)/b14-13+. The molecule has 0 heterocycles. The maximum absolute atomic E-state index is 12.1. The molecular weight excluding hydrogens is 351 g/mol. The molecule has 1 aromatic rings. The predicted octanol–water partition coefficient (Wildman–Crippen LogP) is 3.39. The van der Waals surface area contributed by atoms with Crippen LogP contribution in [0.3, 0.4) is 0 Å². The molecule has 24 heavy (non-hydrogen) atoms. The molecule has 0 saturated carbocycles. The molecule has 0 aliphatic rings. The number of nitrogens with one attached hydrogen (secondary N) is 3. The fourth-order valence-electron chi connectivity index (χ4n) is 1.81. The van der Waals surface area contributed by atoms with E-state index < -0.39 is 11.9 Å². The van der Waals surface area contributed by atoms with Crippen LogP contribution < -0.4 is 16.0 Å². The summed E-state index contributed by atoms with van der Waals surface area (Å²) in [5.74, 6) is -0.291. The number of amides is 3. The highest BCUT2D eigenvalue weighted by Gasteiger charge is 2.17. The van der Waals surface area contributed by atoms with Gasteiger partial charge in [0.1, 0.15) is 11.6 Å². The summed E-state index contributed by atoms with van der Waals surface area (Å²) in [7, 11) is 0. The van der Waals surface area contributed by atoms with Crippen molar-refractivity contribution in [1.29, 1.82) is 5.26 Å². The summed E-state index contributed by atoms with van der Waals surface area (Å²) in [6.07, 6.45) is 1.15. The molecule has 0 spiro atoms. The van der Waals surface area contributed by atoms with Crippen molar-refractivity contribution in [3.8, 4) is 6.07 Å². The lowest BCUT2D eigenvalue weighted by atomic mass is 10.1. The van der Waals surface area contributed by atoms with Crippen LogP contribution in [-0.4, -0.2) is 24.4 Å². The first-order valence-corrected chi connectivity index (χ1v) is 8.24. The molecular formula is C16H18Cl2N4O2. The number of nitriles is 1. The summed E-state index contributed by atoms with van der Waals surface area (Å²) in [5, 5.41) is 17.4. The summed E-state index contributed by atoms with van der Waals surface area (Å²) >= 11 is 11.4. The molecule has 8 heteroatoms. The Labute approximate surface area is 150 Å². The van der Waals surface area contributed by atoms with Crippen molar-refractivity contribution in [2.24, 2.45) is 0 Å². The minimum atomic E-state index is -0.765. The topological polar surface area (TPSA) is 94.0 Å². The summed E-state index contributed by atoms with van der Waals surface area (Å²) in [4.78, 5) is 24.0. The number of hydrogen-bond donors (Lipinski definition) is 3. The Morgan fingerprint density at radius 3 is 2.46 bits per heavy atom. The lowest BCUT2D eigenvalue weighted by Gasteiger charge is -2.11. The third kappa shape index (κ3) is 6.49. The van der Waals surface area contributed by atoms with Gasteiger partial charge >= 0.3 is 6.03 Å². The van der Waals surface area contributed by atoms with Gasteiger partial charge in [0.15, 0.2) is 0 Å². The molecule has 0 atom stereocenters. The van der Waals surface area contributed by atoms with E-state index in [0.717, 1.165) is 0 Å². The molecule has 0 radical (unpaired) electrons. The van der Waals surface area contributed by atoms with Crippen molar-refractivity contribution in [2.75, 3.05) is 17.7 Å². The smallest absolute Gasteiger partial charge is 0.326 e. The predicted molar refractivity (Wildman–Crippen MR) is 94.9 cm³/mol. The highest BCUT2D eigenvalue weighted by atomic mass is 35.5. The van der Waals surface area contributed by atoms with Crippen LogP contribution in [0.15, 0.2) is 35.5 Å². The molecule has 0 aliphatic carbocycles. The van der Waals surface area contributed by atoms with Crippen molar-refractivity contribution in [1.82, 2.24) is 10.6 Å². The van der Waals surface area contributed by atoms with Gasteiger partial charge in [-0.05, 0) is 37.1 Å². The zero-order chi connectivity index (χ0) is 17.9. The van der Waals surface area contributed by atoms with E-state index in [9.17, 15) is 14.9 Å². The Hall–Kier alpha value is -2.23. The number of urea groups is 1. The molecule has 3 N–H and O–H groups in total. The van der Waals surface area contributed by atoms with Crippen molar-refractivity contribution in [3.63, 3.8) is 0 Å². The van der Waals surface area contributed by atoms with Crippen LogP contribution >= 0.6 is 23.2 Å². The number of hydrogen-bond acceptors (Lipinski definition) is 4. The van der Waals surface area contributed by atoms with Gasteiger partial charge in [-0.3, -0.25) is 10.1 Å². The number of benzene rings is 1. The molecule has 128 valence electrons. The third-order valence-electron chi connectivity index (χ3n) is 2.97. The van der Waals surface area contributed by atoms with Crippen LogP contribution in [0.1, 0.15) is 19.8 Å². The minimum absolute atomic E-state index is 0.127. The summed E-state index contributed by atoms with van der Waals surface area (Å²) in [6, 6.07) is 7.51. The number of alkyl halides is 1. The normalized spacial score (nSPS) is 11.1. The average Bonchev–Trinajstić information content (AvgIpc) is 2.56. The van der Waals surface area contributed by atoms with Crippen molar-refractivity contribution < 1.29 is 9.59 Å². The lowest BCUT2D eigenvalue weighted by Crippen LogP contribution is -2.36. The second kappa shape index (κ2) is 10.5. The summed E-state index contributed by atoms with van der Waals surface area (Å²) in [5.41, 5.74) is 0.820. The Bertz CT molecular complexity index is 651. The van der Waals surface area contributed by atoms with Gasteiger partial charge in [-0.15, -0.1) is 11.6 Å². The zero-order valence-corrected chi connectivity index (χ0v) is 14.7. The van der Waals surface area contributed by atoms with E-state index in [1.165, 1.54) is 0 Å². The number of carbonyl (C=O) groups excluding carboxylic acids is 2. The van der Waals surface area contributed by atoms with E-state index in [0.29, 0.717) is 41.7 Å². The first-order valence-electron chi connectivity index (χ1n) is 7.32. The Kier molecular flexibility index (Phi) is 8.69. The number of anilines is 1. The highest BCUT2D eigenvalue weighted by molar-refractivity contribution is 6.30. The van der Waals surface area contributed by atoms with Crippen LogP contribution in [0.5, 0.6) is 0 Å². The van der Waals surface area contributed by atoms with E-state index >= 15 is 0 Å². The number of nitrogens with zero attached hydrogens (tertiary/aromatic N) is 1. The van der Waals surface area contributed by atoms with Gasteiger partial charge < -0.3 is 10.6 Å². The Morgan fingerprint density at radius 2 is 1.92 bits per heavy atom. The van der Waals surface area contributed by atoms with Crippen LogP contribution in [0.25, 0.3) is 0 Å². The van der Waals surface area contributed by atoms with Crippen LogP contribution in [0, 0.1) is 11.3 Å². The molecule has 0 aromatic heterocycles.